The number of benzene rings is 1. The van der Waals surface area contributed by atoms with Crippen LogP contribution in [0.15, 0.2) is 30.3 Å². The molecule has 16 heavy (non-hydrogen) atoms. The Balaban J connectivity index is 2.83. The van der Waals surface area contributed by atoms with E-state index in [0.717, 1.165) is 6.08 Å². The number of anilines is 1. The molecule has 1 aromatic rings. The van der Waals surface area contributed by atoms with E-state index in [1.807, 2.05) is 5.92 Å². The van der Waals surface area contributed by atoms with Gasteiger partial charge in [-0.1, -0.05) is 12.1 Å². The fourth-order valence-corrected chi connectivity index (χ4v) is 1.05. The summed E-state index contributed by atoms with van der Waals surface area (Å²) in [4.78, 5) is 21.2. The average molecular weight is 215 g/mol. The molecule has 2 N–H and O–H groups in total. The van der Waals surface area contributed by atoms with E-state index in [9.17, 15) is 9.59 Å². The number of hydrogen-bond acceptors (Lipinski definition) is 2. The molecule has 80 valence electrons. The second-order valence-corrected chi connectivity index (χ2v) is 2.90. The minimum Gasteiger partial charge on any atom is -0.478 e. The van der Waals surface area contributed by atoms with E-state index in [4.69, 9.17) is 11.5 Å². The van der Waals surface area contributed by atoms with E-state index in [1.54, 1.807) is 24.3 Å². The second kappa shape index (κ2) is 5.37. The lowest BCUT2D eigenvalue weighted by molar-refractivity contribution is -0.131. The van der Waals surface area contributed by atoms with Crippen molar-refractivity contribution in [2.24, 2.45) is 0 Å². The highest BCUT2D eigenvalue weighted by molar-refractivity contribution is 6.03. The van der Waals surface area contributed by atoms with Gasteiger partial charge in [-0.05, 0) is 29.7 Å². The summed E-state index contributed by atoms with van der Waals surface area (Å²) < 4.78 is 0. The molecular formula is C12H9NO3. The molecule has 1 aromatic carbocycles. The lowest BCUT2D eigenvalue weighted by Gasteiger charge is -2.01. The van der Waals surface area contributed by atoms with E-state index in [1.165, 1.54) is 6.08 Å². The van der Waals surface area contributed by atoms with Gasteiger partial charge in [0.1, 0.15) is 0 Å². The monoisotopic (exact) mass is 215 g/mol. The molecule has 0 saturated carbocycles. The van der Waals surface area contributed by atoms with Crippen molar-refractivity contribution in [3.63, 3.8) is 0 Å². The number of hydrogen-bond donors (Lipinski definition) is 2. The number of rotatable bonds is 3. The topological polar surface area (TPSA) is 66.4 Å². The maximum Gasteiger partial charge on any atom is 0.328 e. The Hall–Kier alpha value is -2.54. The molecule has 0 fully saturated rings. The Morgan fingerprint density at radius 3 is 2.81 bits per heavy atom. The Kier molecular flexibility index (Phi) is 3.87. The molecule has 4 heteroatoms. The number of aliphatic carboxylic acids is 1. The van der Waals surface area contributed by atoms with Gasteiger partial charge in [0.15, 0.2) is 0 Å². The third kappa shape index (κ3) is 3.68. The van der Waals surface area contributed by atoms with Gasteiger partial charge in [0.2, 0.25) is 0 Å². The Labute approximate surface area is 92.6 Å². The van der Waals surface area contributed by atoms with Crippen LogP contribution in [0, 0.1) is 12.3 Å². The van der Waals surface area contributed by atoms with Gasteiger partial charge in [-0.2, -0.15) is 0 Å². The van der Waals surface area contributed by atoms with Crippen LogP contribution in [0.1, 0.15) is 5.56 Å². The molecule has 0 aliphatic rings. The number of nitrogens with one attached hydrogen (secondary N) is 1. The summed E-state index contributed by atoms with van der Waals surface area (Å²) in [6.07, 6.45) is 7.34. The Morgan fingerprint density at radius 2 is 2.19 bits per heavy atom. The van der Waals surface area contributed by atoms with Gasteiger partial charge in [-0.15, -0.1) is 6.42 Å². The fraction of sp³-hybridized carbons (Fsp3) is 0. The van der Waals surface area contributed by atoms with E-state index in [-0.39, 0.29) is 0 Å². The van der Waals surface area contributed by atoms with Crippen LogP contribution in [0.4, 0.5) is 5.69 Å². The molecule has 4 nitrogen and oxygen atoms in total. The van der Waals surface area contributed by atoms with Gasteiger partial charge in [0, 0.05) is 11.8 Å². The SMILES string of the molecule is C#CC(=O)Nc1cccc(/C=C/C(=O)O)c1. The Morgan fingerprint density at radius 1 is 1.44 bits per heavy atom. The van der Waals surface area contributed by atoms with Gasteiger partial charge in [-0.3, -0.25) is 4.79 Å². The Bertz CT molecular complexity index is 483. The van der Waals surface area contributed by atoms with Crippen molar-refractivity contribution in [3.05, 3.63) is 35.9 Å². The van der Waals surface area contributed by atoms with Gasteiger partial charge in [0.05, 0.1) is 0 Å². The summed E-state index contributed by atoms with van der Waals surface area (Å²) in [5.74, 6) is 0.349. The standard InChI is InChI=1S/C12H9NO3/c1-2-11(14)13-10-5-3-4-9(8-10)6-7-12(15)16/h1,3-8H,(H,13,14)(H,15,16)/b7-6+. The summed E-state index contributed by atoms with van der Waals surface area (Å²) in [7, 11) is 0. The molecule has 1 rings (SSSR count). The van der Waals surface area contributed by atoms with Crippen LogP contribution in [-0.2, 0) is 9.59 Å². The molecule has 0 aliphatic carbocycles. The van der Waals surface area contributed by atoms with E-state index >= 15 is 0 Å². The van der Waals surface area contributed by atoms with Crippen LogP contribution < -0.4 is 5.32 Å². The van der Waals surface area contributed by atoms with Crippen LogP contribution in [0.5, 0.6) is 0 Å². The van der Waals surface area contributed by atoms with Crippen molar-refractivity contribution < 1.29 is 14.7 Å². The van der Waals surface area contributed by atoms with Crippen molar-refractivity contribution in [1.82, 2.24) is 0 Å². The predicted octanol–water partition coefficient (Wildman–Crippen LogP) is 1.36. The summed E-state index contributed by atoms with van der Waals surface area (Å²) in [6.45, 7) is 0. The van der Waals surface area contributed by atoms with Crippen molar-refractivity contribution in [2.75, 3.05) is 5.32 Å². The van der Waals surface area contributed by atoms with Crippen molar-refractivity contribution in [2.45, 2.75) is 0 Å². The van der Waals surface area contributed by atoms with Gasteiger partial charge >= 0.3 is 5.97 Å². The maximum absolute atomic E-state index is 10.9. The first-order chi connectivity index (χ1) is 7.61. The van der Waals surface area contributed by atoms with Crippen molar-refractivity contribution in [3.8, 4) is 12.3 Å². The number of carbonyl (C=O) groups excluding carboxylic acids is 1. The molecule has 1 amide bonds. The van der Waals surface area contributed by atoms with Crippen LogP contribution in [0.3, 0.4) is 0 Å². The quantitative estimate of drug-likeness (QED) is 0.591. The van der Waals surface area contributed by atoms with Crippen LogP contribution in [0.25, 0.3) is 6.08 Å². The summed E-state index contributed by atoms with van der Waals surface area (Å²) in [5.41, 5.74) is 1.19. The highest BCUT2D eigenvalue weighted by Gasteiger charge is 1.97. The first kappa shape index (κ1) is 11.5. The zero-order valence-corrected chi connectivity index (χ0v) is 8.31. The molecular weight excluding hydrogens is 206 g/mol. The molecule has 0 spiro atoms. The van der Waals surface area contributed by atoms with Gasteiger partial charge < -0.3 is 10.4 Å². The van der Waals surface area contributed by atoms with E-state index in [2.05, 4.69) is 5.32 Å². The van der Waals surface area contributed by atoms with Crippen molar-refractivity contribution in [1.29, 1.82) is 0 Å². The molecule has 0 saturated heterocycles. The highest BCUT2D eigenvalue weighted by atomic mass is 16.4. The fourth-order valence-electron chi connectivity index (χ4n) is 1.05. The van der Waals surface area contributed by atoms with E-state index < -0.39 is 11.9 Å². The molecule has 0 aromatic heterocycles. The lowest BCUT2D eigenvalue weighted by atomic mass is 10.2. The highest BCUT2D eigenvalue weighted by Crippen LogP contribution is 2.11. The maximum atomic E-state index is 10.9. The number of carboxylic acid groups (broad SMARTS) is 1. The lowest BCUT2D eigenvalue weighted by Crippen LogP contribution is -2.07. The van der Waals surface area contributed by atoms with Crippen LogP contribution in [0.2, 0.25) is 0 Å². The number of terminal acetylenes is 1. The van der Waals surface area contributed by atoms with Crippen LogP contribution in [-0.4, -0.2) is 17.0 Å². The number of carbonyl (C=O) groups is 2. The predicted molar refractivity (Wildman–Crippen MR) is 60.6 cm³/mol. The number of carboxylic acids is 1. The first-order valence-electron chi connectivity index (χ1n) is 4.40. The second-order valence-electron chi connectivity index (χ2n) is 2.90. The molecule has 0 aliphatic heterocycles. The normalized spacial score (nSPS) is 9.69. The van der Waals surface area contributed by atoms with Crippen LogP contribution >= 0.6 is 0 Å². The zero-order valence-electron chi connectivity index (χ0n) is 8.31. The summed E-state index contributed by atoms with van der Waals surface area (Å²) in [5, 5.41) is 10.9. The average Bonchev–Trinajstić information content (AvgIpc) is 2.26. The smallest absolute Gasteiger partial charge is 0.328 e. The summed E-state index contributed by atoms with van der Waals surface area (Å²) in [6, 6.07) is 6.68. The largest absolute Gasteiger partial charge is 0.478 e. The molecule has 0 radical (unpaired) electrons. The first-order valence-corrected chi connectivity index (χ1v) is 4.40. The summed E-state index contributed by atoms with van der Waals surface area (Å²) >= 11 is 0. The third-order valence-electron chi connectivity index (χ3n) is 1.69. The molecule has 0 heterocycles. The van der Waals surface area contributed by atoms with E-state index in [0.29, 0.717) is 11.3 Å². The van der Waals surface area contributed by atoms with Crippen molar-refractivity contribution >= 4 is 23.6 Å². The third-order valence-corrected chi connectivity index (χ3v) is 1.69. The minimum absolute atomic E-state index is 0.524. The zero-order chi connectivity index (χ0) is 12.0. The van der Waals surface area contributed by atoms with Gasteiger partial charge in [-0.25, -0.2) is 4.79 Å². The minimum atomic E-state index is -1.03. The molecule has 0 bridgehead atoms. The van der Waals surface area contributed by atoms with Gasteiger partial charge in [0.25, 0.3) is 5.91 Å². The number of amides is 1. The molecule has 0 unspecified atom stereocenters. The molecule has 0 atom stereocenters.